The van der Waals surface area contributed by atoms with Gasteiger partial charge in [0.2, 0.25) is 0 Å². The van der Waals surface area contributed by atoms with E-state index in [2.05, 4.69) is 15.0 Å². The Morgan fingerprint density at radius 2 is 2.24 bits per heavy atom. The second kappa shape index (κ2) is 5.52. The molecule has 0 aromatic carbocycles. The third-order valence-electron chi connectivity index (χ3n) is 3.53. The summed E-state index contributed by atoms with van der Waals surface area (Å²) in [6.45, 7) is 1.73. The normalized spacial score (nSPS) is 15.4. The molecule has 7 heteroatoms. The number of aliphatic hydroxyl groups is 2. The topological polar surface area (TPSA) is 98.2 Å². The van der Waals surface area contributed by atoms with Crippen molar-refractivity contribution in [3.63, 3.8) is 0 Å². The first-order valence-electron chi connectivity index (χ1n) is 6.68. The van der Waals surface area contributed by atoms with E-state index in [1.807, 2.05) is 16.8 Å². The highest BCUT2D eigenvalue weighted by Crippen LogP contribution is 2.21. The second-order valence-corrected chi connectivity index (χ2v) is 4.92. The summed E-state index contributed by atoms with van der Waals surface area (Å²) < 4.78 is 1.84. The predicted molar refractivity (Wildman–Crippen MR) is 74.3 cm³/mol. The minimum Gasteiger partial charge on any atom is -0.393 e. The summed E-state index contributed by atoms with van der Waals surface area (Å²) in [5, 5.41) is 31.7. The van der Waals surface area contributed by atoms with Crippen LogP contribution in [0.2, 0.25) is 0 Å². The van der Waals surface area contributed by atoms with Gasteiger partial charge in [0.15, 0.2) is 0 Å². The second-order valence-electron chi connectivity index (χ2n) is 4.92. The molecule has 0 radical (unpaired) electrons. The fraction of sp³-hybridized carbons (Fsp3) is 0.357. The molecule has 7 nitrogen and oxygen atoms in total. The SMILES string of the molecule is N#Cc1ccc(N2CCn3nc(C(O)CO)cc3C2)nc1. The standard InChI is InChI=1S/C14H15N5O2/c15-6-10-1-2-14(16-7-10)18-3-4-19-11(8-18)5-12(17-19)13(21)9-20/h1-2,5,7,13,20-21H,3-4,8-9H2. The maximum atomic E-state index is 9.64. The molecule has 1 atom stereocenters. The number of anilines is 1. The highest BCUT2D eigenvalue weighted by Gasteiger charge is 2.21. The molecule has 1 aliphatic heterocycles. The van der Waals surface area contributed by atoms with Crippen LogP contribution < -0.4 is 4.90 Å². The van der Waals surface area contributed by atoms with Crippen molar-refractivity contribution in [3.05, 3.63) is 41.3 Å². The zero-order chi connectivity index (χ0) is 14.8. The van der Waals surface area contributed by atoms with Gasteiger partial charge in [0.25, 0.3) is 0 Å². The Kier molecular flexibility index (Phi) is 3.56. The number of nitriles is 1. The molecule has 0 amide bonds. The third kappa shape index (κ3) is 2.59. The van der Waals surface area contributed by atoms with Crippen LogP contribution in [0.15, 0.2) is 24.4 Å². The number of hydrogen-bond acceptors (Lipinski definition) is 6. The Morgan fingerprint density at radius 1 is 1.38 bits per heavy atom. The van der Waals surface area contributed by atoms with E-state index in [0.29, 0.717) is 24.3 Å². The monoisotopic (exact) mass is 285 g/mol. The first-order chi connectivity index (χ1) is 10.2. The molecule has 21 heavy (non-hydrogen) atoms. The fourth-order valence-corrected chi connectivity index (χ4v) is 2.38. The zero-order valence-corrected chi connectivity index (χ0v) is 11.3. The van der Waals surface area contributed by atoms with Gasteiger partial charge >= 0.3 is 0 Å². The molecule has 0 spiro atoms. The van der Waals surface area contributed by atoms with Crippen molar-refractivity contribution >= 4 is 5.82 Å². The van der Waals surface area contributed by atoms with Gasteiger partial charge in [-0.05, 0) is 18.2 Å². The Hall–Kier alpha value is -2.43. The van der Waals surface area contributed by atoms with Crippen LogP contribution in [-0.4, -0.2) is 38.1 Å². The molecule has 2 aromatic heterocycles. The lowest BCUT2D eigenvalue weighted by Gasteiger charge is -2.28. The van der Waals surface area contributed by atoms with E-state index in [9.17, 15) is 5.11 Å². The average Bonchev–Trinajstić information content (AvgIpc) is 2.97. The Balaban J connectivity index is 1.80. The maximum absolute atomic E-state index is 9.64. The van der Waals surface area contributed by atoms with Gasteiger partial charge in [-0.2, -0.15) is 10.4 Å². The summed E-state index contributed by atoms with van der Waals surface area (Å²) >= 11 is 0. The molecular weight excluding hydrogens is 270 g/mol. The molecule has 0 saturated heterocycles. The van der Waals surface area contributed by atoms with Gasteiger partial charge in [-0.3, -0.25) is 4.68 Å². The molecule has 0 saturated carbocycles. The number of fused-ring (bicyclic) bond motifs is 1. The molecule has 0 aliphatic carbocycles. The first kappa shape index (κ1) is 13.5. The minimum absolute atomic E-state index is 0.336. The number of aromatic nitrogens is 3. The number of aliphatic hydroxyl groups excluding tert-OH is 2. The highest BCUT2D eigenvalue weighted by molar-refractivity contribution is 5.43. The molecule has 2 N–H and O–H groups in total. The van der Waals surface area contributed by atoms with Crippen LogP contribution in [0.1, 0.15) is 23.1 Å². The summed E-state index contributed by atoms with van der Waals surface area (Å²) in [5.41, 5.74) is 1.99. The Labute approximate surface area is 121 Å². The van der Waals surface area contributed by atoms with E-state index in [0.717, 1.165) is 18.1 Å². The predicted octanol–water partition coefficient (Wildman–Crippen LogP) is 0.196. The Bertz CT molecular complexity index is 674. The van der Waals surface area contributed by atoms with Crippen molar-refractivity contribution in [1.82, 2.24) is 14.8 Å². The molecule has 1 unspecified atom stereocenters. The van der Waals surface area contributed by atoms with Gasteiger partial charge < -0.3 is 15.1 Å². The molecule has 0 fully saturated rings. The van der Waals surface area contributed by atoms with Crippen molar-refractivity contribution in [1.29, 1.82) is 5.26 Å². The van der Waals surface area contributed by atoms with E-state index in [1.165, 1.54) is 0 Å². The fourth-order valence-electron chi connectivity index (χ4n) is 2.38. The van der Waals surface area contributed by atoms with Crippen molar-refractivity contribution in [2.75, 3.05) is 18.1 Å². The van der Waals surface area contributed by atoms with Gasteiger partial charge in [-0.1, -0.05) is 0 Å². The average molecular weight is 285 g/mol. The van der Waals surface area contributed by atoms with Gasteiger partial charge in [0.1, 0.15) is 18.0 Å². The lowest BCUT2D eigenvalue weighted by Crippen LogP contribution is -2.34. The molecular formula is C14H15N5O2. The number of pyridine rings is 1. The van der Waals surface area contributed by atoms with Crippen LogP contribution in [0, 0.1) is 11.3 Å². The molecule has 2 aromatic rings. The van der Waals surface area contributed by atoms with Gasteiger partial charge in [0.05, 0.1) is 36.6 Å². The summed E-state index contributed by atoms with van der Waals surface area (Å²) in [5.74, 6) is 0.811. The summed E-state index contributed by atoms with van der Waals surface area (Å²) in [6, 6.07) is 7.42. The van der Waals surface area contributed by atoms with Gasteiger partial charge in [-0.15, -0.1) is 0 Å². The van der Waals surface area contributed by atoms with Crippen LogP contribution in [0.3, 0.4) is 0 Å². The lowest BCUT2D eigenvalue weighted by atomic mass is 10.2. The van der Waals surface area contributed by atoms with E-state index in [1.54, 1.807) is 18.3 Å². The summed E-state index contributed by atoms with van der Waals surface area (Å²) in [6.07, 6.45) is 0.618. The summed E-state index contributed by atoms with van der Waals surface area (Å²) in [7, 11) is 0. The highest BCUT2D eigenvalue weighted by atomic mass is 16.3. The van der Waals surface area contributed by atoms with Crippen LogP contribution in [0.5, 0.6) is 0 Å². The molecule has 0 bridgehead atoms. The van der Waals surface area contributed by atoms with E-state index in [4.69, 9.17) is 10.4 Å². The smallest absolute Gasteiger partial charge is 0.128 e. The van der Waals surface area contributed by atoms with Crippen LogP contribution in [-0.2, 0) is 13.1 Å². The zero-order valence-electron chi connectivity index (χ0n) is 11.3. The Morgan fingerprint density at radius 3 is 2.90 bits per heavy atom. The van der Waals surface area contributed by atoms with Crippen molar-refractivity contribution in [3.8, 4) is 6.07 Å². The van der Waals surface area contributed by atoms with Crippen molar-refractivity contribution in [2.45, 2.75) is 19.2 Å². The van der Waals surface area contributed by atoms with E-state index in [-0.39, 0.29) is 6.61 Å². The van der Waals surface area contributed by atoms with Gasteiger partial charge in [-0.25, -0.2) is 4.98 Å². The molecule has 3 heterocycles. The first-order valence-corrected chi connectivity index (χ1v) is 6.68. The summed E-state index contributed by atoms with van der Waals surface area (Å²) in [4.78, 5) is 6.38. The molecule has 108 valence electrons. The van der Waals surface area contributed by atoms with Crippen LogP contribution in [0.4, 0.5) is 5.82 Å². The number of hydrogen-bond donors (Lipinski definition) is 2. The van der Waals surface area contributed by atoms with Crippen molar-refractivity contribution in [2.24, 2.45) is 0 Å². The molecule has 3 rings (SSSR count). The third-order valence-corrected chi connectivity index (χ3v) is 3.53. The van der Waals surface area contributed by atoms with E-state index >= 15 is 0 Å². The van der Waals surface area contributed by atoms with Crippen LogP contribution in [0.25, 0.3) is 0 Å². The maximum Gasteiger partial charge on any atom is 0.128 e. The number of rotatable bonds is 3. The minimum atomic E-state index is -0.940. The van der Waals surface area contributed by atoms with Crippen LogP contribution >= 0.6 is 0 Å². The largest absolute Gasteiger partial charge is 0.393 e. The number of nitrogens with zero attached hydrogens (tertiary/aromatic N) is 5. The lowest BCUT2D eigenvalue weighted by molar-refractivity contribution is 0.0916. The van der Waals surface area contributed by atoms with E-state index < -0.39 is 6.10 Å². The van der Waals surface area contributed by atoms with Crippen molar-refractivity contribution < 1.29 is 10.2 Å². The molecule has 1 aliphatic rings. The quantitative estimate of drug-likeness (QED) is 0.835. The van der Waals surface area contributed by atoms with Gasteiger partial charge in [0, 0.05) is 12.7 Å².